The minimum atomic E-state index is -0.262. The molecule has 1 aliphatic heterocycles. The topological polar surface area (TPSA) is 78.5 Å². The van der Waals surface area contributed by atoms with Crippen molar-refractivity contribution < 1.29 is 14.4 Å². The van der Waals surface area contributed by atoms with Crippen LogP contribution in [0.5, 0.6) is 0 Å². The van der Waals surface area contributed by atoms with Crippen LogP contribution in [0, 0.1) is 13.8 Å². The highest BCUT2D eigenvalue weighted by Crippen LogP contribution is 2.21. The van der Waals surface area contributed by atoms with Crippen LogP contribution in [0.25, 0.3) is 0 Å². The van der Waals surface area contributed by atoms with E-state index in [9.17, 15) is 14.4 Å². The Bertz CT molecular complexity index is 870. The van der Waals surface area contributed by atoms with E-state index in [4.69, 9.17) is 0 Å². The van der Waals surface area contributed by atoms with Crippen molar-refractivity contribution in [3.05, 3.63) is 64.7 Å². The molecule has 1 fully saturated rings. The predicted octanol–water partition coefficient (Wildman–Crippen LogP) is 2.48. The minimum Gasteiger partial charge on any atom is -0.350 e. The zero-order valence-electron chi connectivity index (χ0n) is 16.2. The lowest BCUT2D eigenvalue weighted by Crippen LogP contribution is -2.36. The molecular formula is C22H25N3O3. The summed E-state index contributed by atoms with van der Waals surface area (Å²) in [6.07, 6.45) is 1.50. The molecule has 0 spiro atoms. The molecular weight excluding hydrogens is 354 g/mol. The molecule has 2 aromatic carbocycles. The Labute approximate surface area is 164 Å². The first-order valence-corrected chi connectivity index (χ1v) is 9.45. The van der Waals surface area contributed by atoms with E-state index in [0.29, 0.717) is 18.5 Å². The number of hydrogen-bond donors (Lipinski definition) is 2. The first-order valence-electron chi connectivity index (χ1n) is 9.45. The Hall–Kier alpha value is -3.15. The Balaban J connectivity index is 1.46. The summed E-state index contributed by atoms with van der Waals surface area (Å²) in [6, 6.07) is 13.2. The molecule has 146 valence electrons. The number of anilines is 1. The van der Waals surface area contributed by atoms with Crippen LogP contribution < -0.4 is 15.5 Å². The second-order valence-electron chi connectivity index (χ2n) is 7.15. The fraction of sp³-hybridized carbons (Fsp3) is 0.318. The number of nitrogens with one attached hydrogen (secondary N) is 2. The second-order valence-corrected chi connectivity index (χ2v) is 7.15. The summed E-state index contributed by atoms with van der Waals surface area (Å²) in [7, 11) is 0. The van der Waals surface area contributed by atoms with Crippen molar-refractivity contribution in [1.82, 2.24) is 10.6 Å². The maximum atomic E-state index is 12.2. The van der Waals surface area contributed by atoms with Crippen LogP contribution in [-0.4, -0.2) is 30.8 Å². The summed E-state index contributed by atoms with van der Waals surface area (Å²) in [4.78, 5) is 37.8. The third-order valence-electron chi connectivity index (χ3n) is 4.70. The van der Waals surface area contributed by atoms with Crippen LogP contribution in [0.1, 0.15) is 39.9 Å². The SMILES string of the molecule is Cc1cc(C)cc(C(=O)NCC(=O)NCc2ccc(N3CCCC3=O)cc2)c1. The average molecular weight is 379 g/mol. The van der Waals surface area contributed by atoms with Crippen LogP contribution >= 0.6 is 0 Å². The van der Waals surface area contributed by atoms with Gasteiger partial charge in [0, 0.05) is 30.8 Å². The van der Waals surface area contributed by atoms with Crippen molar-refractivity contribution in [1.29, 1.82) is 0 Å². The molecule has 0 aromatic heterocycles. The molecule has 3 amide bonds. The number of amides is 3. The highest BCUT2D eigenvalue weighted by molar-refractivity contribution is 5.97. The molecule has 0 atom stereocenters. The summed E-state index contributed by atoms with van der Waals surface area (Å²) in [5.74, 6) is -0.362. The Morgan fingerprint density at radius 2 is 1.68 bits per heavy atom. The van der Waals surface area contributed by atoms with Gasteiger partial charge in [-0.3, -0.25) is 14.4 Å². The van der Waals surface area contributed by atoms with Crippen LogP contribution in [0.15, 0.2) is 42.5 Å². The van der Waals surface area contributed by atoms with Gasteiger partial charge in [0.15, 0.2) is 0 Å². The van der Waals surface area contributed by atoms with Crippen molar-refractivity contribution in [2.24, 2.45) is 0 Å². The standard InChI is InChI=1S/C22H25N3O3/c1-15-10-16(2)12-18(11-15)22(28)24-14-20(26)23-13-17-5-7-19(8-6-17)25-9-3-4-21(25)27/h5-8,10-12H,3-4,9,13-14H2,1-2H3,(H,23,26)(H,24,28). The van der Waals surface area contributed by atoms with Crippen LogP contribution in [0.4, 0.5) is 5.69 Å². The number of carbonyl (C=O) groups excluding carboxylic acids is 3. The van der Waals surface area contributed by atoms with Crippen molar-refractivity contribution in [2.45, 2.75) is 33.2 Å². The van der Waals surface area contributed by atoms with E-state index >= 15 is 0 Å². The summed E-state index contributed by atoms with van der Waals surface area (Å²) in [5, 5.41) is 5.44. The zero-order valence-corrected chi connectivity index (χ0v) is 16.2. The molecule has 2 aromatic rings. The lowest BCUT2D eigenvalue weighted by Gasteiger charge is -2.16. The molecule has 0 aliphatic carbocycles. The lowest BCUT2D eigenvalue weighted by atomic mass is 10.1. The average Bonchev–Trinajstić information content (AvgIpc) is 3.10. The Kier molecular flexibility index (Phi) is 6.09. The summed E-state index contributed by atoms with van der Waals surface area (Å²) < 4.78 is 0. The molecule has 3 rings (SSSR count). The van der Waals surface area contributed by atoms with Crippen LogP contribution in [-0.2, 0) is 16.1 Å². The van der Waals surface area contributed by atoms with Crippen molar-refractivity contribution >= 4 is 23.4 Å². The summed E-state index contributed by atoms with van der Waals surface area (Å²) in [5.41, 5.74) is 4.39. The van der Waals surface area contributed by atoms with Gasteiger partial charge in [0.1, 0.15) is 0 Å². The zero-order chi connectivity index (χ0) is 20.1. The molecule has 6 nitrogen and oxygen atoms in total. The predicted molar refractivity (Wildman–Crippen MR) is 108 cm³/mol. The van der Waals surface area contributed by atoms with E-state index < -0.39 is 0 Å². The van der Waals surface area contributed by atoms with Crippen molar-refractivity contribution in [3.63, 3.8) is 0 Å². The smallest absolute Gasteiger partial charge is 0.251 e. The van der Waals surface area contributed by atoms with Gasteiger partial charge in [0.05, 0.1) is 6.54 Å². The number of benzene rings is 2. The largest absolute Gasteiger partial charge is 0.350 e. The van der Waals surface area contributed by atoms with Crippen LogP contribution in [0.2, 0.25) is 0 Å². The molecule has 2 N–H and O–H groups in total. The normalized spacial score (nSPS) is 13.5. The van der Waals surface area contributed by atoms with E-state index in [1.807, 2.05) is 44.2 Å². The summed E-state index contributed by atoms with van der Waals surface area (Å²) >= 11 is 0. The van der Waals surface area contributed by atoms with Crippen molar-refractivity contribution in [2.75, 3.05) is 18.0 Å². The highest BCUT2D eigenvalue weighted by atomic mass is 16.2. The highest BCUT2D eigenvalue weighted by Gasteiger charge is 2.21. The van der Waals surface area contributed by atoms with Gasteiger partial charge in [-0.1, -0.05) is 29.3 Å². The van der Waals surface area contributed by atoms with E-state index in [1.165, 1.54) is 0 Å². The molecule has 0 saturated carbocycles. The number of aryl methyl sites for hydroxylation is 2. The second kappa shape index (κ2) is 8.69. The van der Waals surface area contributed by atoms with E-state index in [2.05, 4.69) is 10.6 Å². The maximum absolute atomic E-state index is 12.2. The third-order valence-corrected chi connectivity index (χ3v) is 4.70. The van der Waals surface area contributed by atoms with Gasteiger partial charge in [-0.25, -0.2) is 0 Å². The summed E-state index contributed by atoms with van der Waals surface area (Å²) in [6.45, 7) is 4.91. The molecule has 1 saturated heterocycles. The quantitative estimate of drug-likeness (QED) is 0.809. The van der Waals surface area contributed by atoms with E-state index in [1.54, 1.807) is 17.0 Å². The minimum absolute atomic E-state index is 0.0772. The van der Waals surface area contributed by atoms with Gasteiger partial charge in [-0.15, -0.1) is 0 Å². The first kappa shape index (κ1) is 19.6. The fourth-order valence-corrected chi connectivity index (χ4v) is 3.35. The Morgan fingerprint density at radius 3 is 2.29 bits per heavy atom. The molecule has 1 aliphatic rings. The maximum Gasteiger partial charge on any atom is 0.251 e. The molecule has 28 heavy (non-hydrogen) atoms. The van der Waals surface area contributed by atoms with Gasteiger partial charge in [0.25, 0.3) is 5.91 Å². The van der Waals surface area contributed by atoms with Gasteiger partial charge in [-0.2, -0.15) is 0 Å². The van der Waals surface area contributed by atoms with Crippen LogP contribution in [0.3, 0.4) is 0 Å². The lowest BCUT2D eigenvalue weighted by molar-refractivity contribution is -0.120. The number of carbonyl (C=O) groups is 3. The molecule has 1 heterocycles. The number of nitrogens with zero attached hydrogens (tertiary/aromatic N) is 1. The molecule has 6 heteroatoms. The van der Waals surface area contributed by atoms with Gasteiger partial charge >= 0.3 is 0 Å². The first-order chi connectivity index (χ1) is 13.4. The third kappa shape index (κ3) is 4.97. The molecule has 0 bridgehead atoms. The van der Waals surface area contributed by atoms with Gasteiger partial charge in [0.2, 0.25) is 11.8 Å². The van der Waals surface area contributed by atoms with Crippen molar-refractivity contribution in [3.8, 4) is 0 Å². The van der Waals surface area contributed by atoms with Gasteiger partial charge < -0.3 is 15.5 Å². The van der Waals surface area contributed by atoms with Gasteiger partial charge in [-0.05, 0) is 50.1 Å². The molecule has 0 unspecified atom stereocenters. The van der Waals surface area contributed by atoms with E-state index in [-0.39, 0.29) is 24.3 Å². The number of rotatable bonds is 6. The number of hydrogen-bond acceptors (Lipinski definition) is 3. The van der Waals surface area contributed by atoms with E-state index in [0.717, 1.165) is 35.3 Å². The monoisotopic (exact) mass is 379 g/mol. The Morgan fingerprint density at radius 1 is 1.00 bits per heavy atom. The molecule has 0 radical (unpaired) electrons. The fourth-order valence-electron chi connectivity index (χ4n) is 3.35.